The molecule has 4 rings (SSSR count). The number of hydrogen-bond acceptors (Lipinski definition) is 3. The molecule has 3 nitrogen and oxygen atoms in total. The monoisotopic (exact) mass is 552 g/mol. The van der Waals surface area contributed by atoms with E-state index in [2.05, 4.69) is 13.5 Å². The molecule has 0 atom stereocenters. The molecule has 1 fully saturated rings. The molecule has 0 spiro atoms. The molecule has 0 heterocycles. The second-order valence-electron chi connectivity index (χ2n) is 10.4. The maximum Gasteiger partial charge on any atom is 0.165 e. The molecule has 0 aliphatic heterocycles. The number of hydrogen-bond donors (Lipinski definition) is 0. The number of halogens is 3. The van der Waals surface area contributed by atoms with Gasteiger partial charge in [0.1, 0.15) is 23.9 Å². The van der Waals surface area contributed by atoms with Gasteiger partial charge in [-0.3, -0.25) is 0 Å². The summed E-state index contributed by atoms with van der Waals surface area (Å²) >= 11 is 0. The van der Waals surface area contributed by atoms with Gasteiger partial charge >= 0.3 is 0 Å². The highest BCUT2D eigenvalue weighted by Gasteiger charge is 2.26. The van der Waals surface area contributed by atoms with Crippen LogP contribution in [-0.2, 0) is 11.3 Å². The van der Waals surface area contributed by atoms with Crippen LogP contribution in [0.3, 0.4) is 0 Å². The molecular weight excluding hydrogens is 513 g/mol. The van der Waals surface area contributed by atoms with E-state index in [9.17, 15) is 8.78 Å². The summed E-state index contributed by atoms with van der Waals surface area (Å²) < 4.78 is 61.9. The van der Waals surface area contributed by atoms with Crippen molar-refractivity contribution in [3.05, 3.63) is 95.8 Å². The zero-order chi connectivity index (χ0) is 28.3. The van der Waals surface area contributed by atoms with Crippen LogP contribution < -0.4 is 9.47 Å². The normalized spacial score (nSPS) is 17.0. The van der Waals surface area contributed by atoms with Crippen molar-refractivity contribution < 1.29 is 27.4 Å². The number of unbranched alkanes of at least 4 members (excludes halogenated alkanes) is 2. The SMILES string of the molecule is C=CCCCOc1ccc(-c2ccc(OCc3ccc(C4CCC(OCCCC)CC4)c(F)c3F)cc2)c(F)c1. The number of ether oxygens (including phenoxy) is 3. The largest absolute Gasteiger partial charge is 0.493 e. The van der Waals surface area contributed by atoms with Crippen molar-refractivity contribution in [2.45, 2.75) is 76.9 Å². The van der Waals surface area contributed by atoms with Gasteiger partial charge in [-0.05, 0) is 86.3 Å². The first kappa shape index (κ1) is 29.7. The molecule has 3 aromatic carbocycles. The Morgan fingerprint density at radius 3 is 2.27 bits per heavy atom. The molecule has 0 N–H and O–H groups in total. The number of benzene rings is 3. The van der Waals surface area contributed by atoms with Crippen molar-refractivity contribution in [1.29, 1.82) is 0 Å². The van der Waals surface area contributed by atoms with Gasteiger partial charge in [-0.25, -0.2) is 13.2 Å². The molecule has 0 saturated heterocycles. The van der Waals surface area contributed by atoms with Gasteiger partial charge in [-0.1, -0.05) is 43.7 Å². The summed E-state index contributed by atoms with van der Waals surface area (Å²) in [5.74, 6) is -1.06. The predicted molar refractivity (Wildman–Crippen MR) is 153 cm³/mol. The summed E-state index contributed by atoms with van der Waals surface area (Å²) in [5.41, 5.74) is 1.72. The number of allylic oxidation sites excluding steroid dienone is 1. The molecular formula is C34H39F3O3. The van der Waals surface area contributed by atoms with Crippen molar-refractivity contribution in [1.82, 2.24) is 0 Å². The van der Waals surface area contributed by atoms with Gasteiger partial charge in [0.05, 0.1) is 12.7 Å². The lowest BCUT2D eigenvalue weighted by Crippen LogP contribution is -2.22. The van der Waals surface area contributed by atoms with Gasteiger partial charge < -0.3 is 14.2 Å². The van der Waals surface area contributed by atoms with E-state index in [0.717, 1.165) is 58.0 Å². The summed E-state index contributed by atoms with van der Waals surface area (Å²) in [6.07, 6.45) is 9.19. The van der Waals surface area contributed by atoms with Crippen LogP contribution in [0, 0.1) is 17.5 Å². The maximum atomic E-state index is 15.0. The Balaban J connectivity index is 1.31. The first-order valence-electron chi connectivity index (χ1n) is 14.3. The van der Waals surface area contributed by atoms with Gasteiger partial charge in [0.15, 0.2) is 11.6 Å². The summed E-state index contributed by atoms with van der Waals surface area (Å²) in [6, 6.07) is 15.0. The average molecular weight is 553 g/mol. The quantitative estimate of drug-likeness (QED) is 0.147. The van der Waals surface area contributed by atoms with Crippen LogP contribution in [0.25, 0.3) is 11.1 Å². The standard InChI is InChI=1S/C34H39F3O3/c1-3-5-7-21-39-29-17-19-30(32(35)22-29)24-8-15-28(16-9-24)40-23-26-12-18-31(34(37)33(26)36)25-10-13-27(14-11-25)38-20-6-4-2/h3,8-9,12,15-19,22,25,27H,1,4-7,10-11,13-14,20-21,23H2,2H3. The highest BCUT2D eigenvalue weighted by Crippen LogP contribution is 2.36. The fraction of sp³-hybridized carbons (Fsp3) is 0.412. The van der Waals surface area contributed by atoms with Gasteiger partial charge in [0.2, 0.25) is 0 Å². The molecule has 0 aromatic heterocycles. The number of rotatable bonds is 14. The molecule has 1 aliphatic carbocycles. The lowest BCUT2D eigenvalue weighted by Gasteiger charge is -2.29. The average Bonchev–Trinajstić information content (AvgIpc) is 2.97. The van der Waals surface area contributed by atoms with E-state index in [4.69, 9.17) is 14.2 Å². The van der Waals surface area contributed by atoms with E-state index in [1.165, 1.54) is 6.07 Å². The molecule has 1 aliphatic rings. The topological polar surface area (TPSA) is 27.7 Å². The molecule has 40 heavy (non-hydrogen) atoms. The van der Waals surface area contributed by atoms with Crippen LogP contribution in [0.2, 0.25) is 0 Å². The Hall–Kier alpha value is -3.25. The fourth-order valence-corrected chi connectivity index (χ4v) is 5.10. The van der Waals surface area contributed by atoms with Crippen LogP contribution in [-0.4, -0.2) is 19.3 Å². The van der Waals surface area contributed by atoms with Gasteiger partial charge in [0.25, 0.3) is 0 Å². The van der Waals surface area contributed by atoms with E-state index in [1.807, 2.05) is 6.08 Å². The second kappa shape index (κ2) is 14.9. The zero-order valence-corrected chi connectivity index (χ0v) is 23.3. The molecule has 0 bridgehead atoms. The highest BCUT2D eigenvalue weighted by atomic mass is 19.2. The Bertz CT molecular complexity index is 1230. The minimum absolute atomic E-state index is 0.00122. The molecule has 0 amide bonds. The Morgan fingerprint density at radius 2 is 1.57 bits per heavy atom. The highest BCUT2D eigenvalue weighted by molar-refractivity contribution is 5.65. The minimum Gasteiger partial charge on any atom is -0.493 e. The van der Waals surface area contributed by atoms with Crippen molar-refractivity contribution >= 4 is 0 Å². The van der Waals surface area contributed by atoms with Crippen LogP contribution in [0.5, 0.6) is 11.5 Å². The van der Waals surface area contributed by atoms with E-state index in [0.29, 0.717) is 34.8 Å². The first-order chi connectivity index (χ1) is 19.5. The van der Waals surface area contributed by atoms with E-state index < -0.39 is 11.6 Å². The third-order valence-corrected chi connectivity index (χ3v) is 7.48. The van der Waals surface area contributed by atoms with Crippen molar-refractivity contribution in [2.75, 3.05) is 13.2 Å². The van der Waals surface area contributed by atoms with E-state index >= 15 is 4.39 Å². The van der Waals surface area contributed by atoms with Crippen LogP contribution in [0.1, 0.15) is 75.3 Å². The van der Waals surface area contributed by atoms with Crippen LogP contribution in [0.15, 0.2) is 67.3 Å². The molecule has 3 aromatic rings. The van der Waals surface area contributed by atoms with Crippen molar-refractivity contribution in [3.8, 4) is 22.6 Å². The lowest BCUT2D eigenvalue weighted by molar-refractivity contribution is 0.0230. The van der Waals surface area contributed by atoms with Crippen LogP contribution >= 0.6 is 0 Å². The maximum absolute atomic E-state index is 15.0. The second-order valence-corrected chi connectivity index (χ2v) is 10.4. The van der Waals surface area contributed by atoms with Gasteiger partial charge in [-0.2, -0.15) is 0 Å². The smallest absolute Gasteiger partial charge is 0.165 e. The van der Waals surface area contributed by atoms with Gasteiger partial charge in [0, 0.05) is 23.8 Å². The zero-order valence-electron chi connectivity index (χ0n) is 23.3. The summed E-state index contributed by atoms with van der Waals surface area (Å²) in [6.45, 7) is 6.97. The Labute approximate surface area is 236 Å². The van der Waals surface area contributed by atoms with Gasteiger partial charge in [-0.15, -0.1) is 6.58 Å². The molecule has 1 saturated carbocycles. The Morgan fingerprint density at radius 1 is 0.825 bits per heavy atom. The molecule has 0 radical (unpaired) electrons. The summed E-state index contributed by atoms with van der Waals surface area (Å²) in [5, 5.41) is 0. The molecule has 0 unspecified atom stereocenters. The van der Waals surface area contributed by atoms with E-state index in [1.54, 1.807) is 48.5 Å². The minimum atomic E-state index is -0.857. The fourth-order valence-electron chi connectivity index (χ4n) is 5.10. The van der Waals surface area contributed by atoms with E-state index in [-0.39, 0.29) is 30.0 Å². The third kappa shape index (κ3) is 7.91. The Kier molecular flexibility index (Phi) is 11.1. The summed E-state index contributed by atoms with van der Waals surface area (Å²) in [4.78, 5) is 0. The summed E-state index contributed by atoms with van der Waals surface area (Å²) in [7, 11) is 0. The van der Waals surface area contributed by atoms with Crippen molar-refractivity contribution in [3.63, 3.8) is 0 Å². The van der Waals surface area contributed by atoms with Crippen LogP contribution in [0.4, 0.5) is 13.2 Å². The predicted octanol–water partition coefficient (Wildman–Crippen LogP) is 9.54. The first-order valence-corrected chi connectivity index (χ1v) is 14.3. The third-order valence-electron chi connectivity index (χ3n) is 7.48. The molecule has 6 heteroatoms. The molecule has 214 valence electrons. The van der Waals surface area contributed by atoms with Crippen molar-refractivity contribution in [2.24, 2.45) is 0 Å². The lowest BCUT2D eigenvalue weighted by atomic mass is 9.82.